The van der Waals surface area contributed by atoms with Crippen molar-refractivity contribution in [2.45, 2.75) is 58.5 Å². The zero-order chi connectivity index (χ0) is 24.2. The maximum Gasteiger partial charge on any atom is 0.275 e. The van der Waals surface area contributed by atoms with E-state index in [9.17, 15) is 14.4 Å². The van der Waals surface area contributed by atoms with Crippen LogP contribution in [0.3, 0.4) is 0 Å². The van der Waals surface area contributed by atoms with Crippen LogP contribution in [0.15, 0.2) is 24.3 Å². The Morgan fingerprint density at radius 1 is 1.24 bits per heavy atom. The van der Waals surface area contributed by atoms with Crippen LogP contribution in [0.1, 0.15) is 66.2 Å². The topological polar surface area (TPSA) is 87.5 Å². The third kappa shape index (κ3) is 4.88. The van der Waals surface area contributed by atoms with Crippen molar-refractivity contribution in [3.05, 3.63) is 46.4 Å². The van der Waals surface area contributed by atoms with E-state index in [-0.39, 0.29) is 17.6 Å². The Labute approximate surface area is 205 Å². The summed E-state index contributed by atoms with van der Waals surface area (Å²) in [6.07, 6.45) is 4.35. The number of hydrogen-bond donors (Lipinski definition) is 1. The van der Waals surface area contributed by atoms with E-state index < -0.39 is 6.04 Å². The fraction of sp³-hybridized carbons (Fsp3) is 0.520. The van der Waals surface area contributed by atoms with Crippen LogP contribution < -0.4 is 10.2 Å². The van der Waals surface area contributed by atoms with Gasteiger partial charge in [-0.05, 0) is 44.4 Å². The number of benzene rings is 1. The second-order valence-electron chi connectivity index (χ2n) is 8.96. The minimum absolute atomic E-state index is 0.0571. The van der Waals surface area contributed by atoms with Crippen molar-refractivity contribution < 1.29 is 14.4 Å². The highest BCUT2D eigenvalue weighted by atomic mass is 35.5. The van der Waals surface area contributed by atoms with E-state index in [1.165, 1.54) is 6.92 Å². The maximum absolute atomic E-state index is 14.0. The molecular formula is C25H32ClN5O3. The van der Waals surface area contributed by atoms with E-state index in [0.29, 0.717) is 54.8 Å². The van der Waals surface area contributed by atoms with Crippen LogP contribution in [0.2, 0.25) is 5.02 Å². The molecule has 0 bridgehead atoms. The number of imidazole rings is 1. The molecule has 1 atom stereocenters. The van der Waals surface area contributed by atoms with Gasteiger partial charge in [0.1, 0.15) is 11.9 Å². The van der Waals surface area contributed by atoms with Crippen LogP contribution in [0, 0.1) is 0 Å². The summed E-state index contributed by atoms with van der Waals surface area (Å²) >= 11 is 6.17. The molecule has 1 saturated heterocycles. The van der Waals surface area contributed by atoms with Gasteiger partial charge in [0.2, 0.25) is 0 Å². The van der Waals surface area contributed by atoms with Crippen LogP contribution in [0.4, 0.5) is 5.82 Å². The molecule has 1 aromatic heterocycles. The largest absolute Gasteiger partial charge is 0.325 e. The predicted octanol–water partition coefficient (Wildman–Crippen LogP) is 3.32. The van der Waals surface area contributed by atoms with Gasteiger partial charge in [-0.25, -0.2) is 4.98 Å². The normalized spacial score (nSPS) is 17.9. The van der Waals surface area contributed by atoms with Gasteiger partial charge in [0.25, 0.3) is 11.8 Å². The number of nitrogens with zero attached hydrogens (tertiary/aromatic N) is 4. The molecule has 0 radical (unpaired) electrons. The summed E-state index contributed by atoms with van der Waals surface area (Å²) in [5.41, 5.74) is 0.867. The van der Waals surface area contributed by atoms with Gasteiger partial charge in [0.15, 0.2) is 17.3 Å². The fourth-order valence-electron chi connectivity index (χ4n) is 4.71. The van der Waals surface area contributed by atoms with Gasteiger partial charge in [-0.1, -0.05) is 31.0 Å². The molecule has 3 heterocycles. The van der Waals surface area contributed by atoms with Crippen molar-refractivity contribution in [3.8, 4) is 0 Å². The number of nitrogens with one attached hydrogen (secondary N) is 1. The zero-order valence-electron chi connectivity index (χ0n) is 19.8. The molecule has 1 unspecified atom stereocenters. The smallest absolute Gasteiger partial charge is 0.275 e. The average molecular weight is 486 g/mol. The predicted molar refractivity (Wildman–Crippen MR) is 132 cm³/mol. The molecule has 4 rings (SSSR count). The second-order valence-corrected chi connectivity index (χ2v) is 9.40. The van der Waals surface area contributed by atoms with Crippen molar-refractivity contribution in [2.75, 3.05) is 31.1 Å². The van der Waals surface area contributed by atoms with Crippen molar-refractivity contribution in [2.24, 2.45) is 0 Å². The van der Waals surface area contributed by atoms with Crippen LogP contribution in [-0.2, 0) is 17.8 Å². The van der Waals surface area contributed by atoms with Gasteiger partial charge in [0, 0.05) is 49.7 Å². The Kier molecular flexibility index (Phi) is 7.68. The maximum atomic E-state index is 14.0. The van der Waals surface area contributed by atoms with Gasteiger partial charge in [0.05, 0.1) is 0 Å². The Bertz CT molecular complexity index is 1080. The highest BCUT2D eigenvalue weighted by molar-refractivity contribution is 6.31. The monoisotopic (exact) mass is 485 g/mol. The van der Waals surface area contributed by atoms with Crippen LogP contribution in [0.25, 0.3) is 0 Å². The molecule has 2 amide bonds. The highest BCUT2D eigenvalue weighted by Crippen LogP contribution is 2.30. The third-order valence-corrected chi connectivity index (χ3v) is 6.78. The molecule has 0 aliphatic carbocycles. The molecule has 34 heavy (non-hydrogen) atoms. The zero-order valence-corrected chi connectivity index (χ0v) is 20.6. The Hall–Kier alpha value is -2.71. The summed E-state index contributed by atoms with van der Waals surface area (Å²) < 4.78 is 1.96. The van der Waals surface area contributed by atoms with Crippen LogP contribution in [0.5, 0.6) is 0 Å². The van der Waals surface area contributed by atoms with E-state index in [2.05, 4.69) is 12.2 Å². The summed E-state index contributed by atoms with van der Waals surface area (Å²) in [6.45, 7) is 6.17. The first-order chi connectivity index (χ1) is 16.4. The van der Waals surface area contributed by atoms with E-state index in [4.69, 9.17) is 16.6 Å². The number of ketones is 1. The minimum Gasteiger partial charge on any atom is -0.325 e. The molecule has 1 fully saturated rings. The first-order valence-corrected chi connectivity index (χ1v) is 12.5. The molecule has 8 nitrogen and oxygen atoms in total. The molecule has 182 valence electrons. The molecule has 2 aliphatic heterocycles. The number of amides is 2. The molecule has 2 aromatic rings. The number of hydrogen-bond acceptors (Lipinski definition) is 5. The lowest BCUT2D eigenvalue weighted by molar-refractivity contribution is -0.121. The standard InChI is InChI=1S/C25H32ClN5O3/c1-3-4-12-31(24(33)18-8-7-9-19(26)15-18)23-22(30-13-6-5-10-21(30)28-23)25(34)29-14-11-27-16-20(29)17(2)32/h7-9,15,20,27H,3-6,10-14,16H2,1-2H3. The number of aromatic nitrogens is 2. The van der Waals surface area contributed by atoms with Gasteiger partial charge in [-0.3, -0.25) is 19.3 Å². The molecule has 1 N–H and O–H groups in total. The van der Waals surface area contributed by atoms with Gasteiger partial charge in [-0.15, -0.1) is 0 Å². The highest BCUT2D eigenvalue weighted by Gasteiger charge is 2.37. The SMILES string of the molecule is CCCCN(C(=O)c1cccc(Cl)c1)c1nc2n(c1C(=O)N1CCNCC1C(C)=O)CCCC2. The molecule has 0 saturated carbocycles. The lowest BCUT2D eigenvalue weighted by Gasteiger charge is -2.35. The average Bonchev–Trinajstić information content (AvgIpc) is 3.23. The molecule has 0 spiro atoms. The molecule has 2 aliphatic rings. The Morgan fingerprint density at radius 3 is 2.79 bits per heavy atom. The quantitative estimate of drug-likeness (QED) is 0.650. The van der Waals surface area contributed by atoms with E-state index in [1.54, 1.807) is 34.1 Å². The number of carbonyl (C=O) groups is 3. The lowest BCUT2D eigenvalue weighted by Crippen LogP contribution is -2.57. The first-order valence-electron chi connectivity index (χ1n) is 12.1. The van der Waals surface area contributed by atoms with Crippen molar-refractivity contribution in [3.63, 3.8) is 0 Å². The first kappa shape index (κ1) is 24.4. The minimum atomic E-state index is -0.531. The Morgan fingerprint density at radius 2 is 2.06 bits per heavy atom. The summed E-state index contributed by atoms with van der Waals surface area (Å²) in [5, 5.41) is 3.68. The number of anilines is 1. The van der Waals surface area contributed by atoms with E-state index in [0.717, 1.165) is 37.9 Å². The molecule has 9 heteroatoms. The number of carbonyl (C=O) groups excluding carboxylic acids is 3. The van der Waals surface area contributed by atoms with Crippen molar-refractivity contribution in [1.29, 1.82) is 0 Å². The number of unbranched alkanes of at least 4 members (excludes halogenated alkanes) is 1. The van der Waals surface area contributed by atoms with E-state index in [1.807, 2.05) is 4.57 Å². The second kappa shape index (κ2) is 10.7. The Balaban J connectivity index is 1.80. The summed E-state index contributed by atoms with van der Waals surface area (Å²) in [6, 6.07) is 6.31. The number of Topliss-reactive ketones (excluding diaryl/α,β-unsaturated/α-hetero) is 1. The van der Waals surface area contributed by atoms with E-state index >= 15 is 0 Å². The van der Waals surface area contributed by atoms with Crippen LogP contribution >= 0.6 is 11.6 Å². The van der Waals surface area contributed by atoms with Crippen molar-refractivity contribution in [1.82, 2.24) is 19.8 Å². The van der Waals surface area contributed by atoms with Gasteiger partial charge >= 0.3 is 0 Å². The van der Waals surface area contributed by atoms with Gasteiger partial charge < -0.3 is 14.8 Å². The third-order valence-electron chi connectivity index (χ3n) is 6.54. The molecule has 1 aromatic carbocycles. The molecular weight excluding hydrogens is 454 g/mol. The summed E-state index contributed by atoms with van der Waals surface area (Å²) in [4.78, 5) is 48.1. The van der Waals surface area contributed by atoms with Crippen LogP contribution in [-0.4, -0.2) is 64.3 Å². The fourth-order valence-corrected chi connectivity index (χ4v) is 4.90. The van der Waals surface area contributed by atoms with Crippen molar-refractivity contribution >= 4 is 35.0 Å². The summed E-state index contributed by atoms with van der Waals surface area (Å²) in [7, 11) is 0. The number of fused-ring (bicyclic) bond motifs is 1. The van der Waals surface area contributed by atoms with Gasteiger partial charge in [-0.2, -0.15) is 0 Å². The number of halogens is 1. The number of rotatable bonds is 7. The lowest BCUT2D eigenvalue weighted by atomic mass is 10.1. The number of piperazine rings is 1. The number of aryl methyl sites for hydroxylation is 1. The summed E-state index contributed by atoms with van der Waals surface area (Å²) in [5.74, 6) is 0.681.